The van der Waals surface area contributed by atoms with Crippen molar-refractivity contribution in [2.24, 2.45) is 0 Å². The molecule has 0 atom stereocenters. The van der Waals surface area contributed by atoms with Gasteiger partial charge in [0.05, 0.1) is 80.0 Å². The van der Waals surface area contributed by atoms with Crippen molar-refractivity contribution in [3.05, 3.63) is 308 Å². The largest absolute Gasteiger partial charge is 0.456 e. The third-order valence-electron chi connectivity index (χ3n) is 18.8. The number of benzene rings is 14. The molecule has 6 heteroatoms. The summed E-state index contributed by atoms with van der Waals surface area (Å²) in [5.41, 5.74) is 1.04. The Labute approximate surface area is 574 Å². The highest BCUT2D eigenvalue weighted by molar-refractivity contribution is 7.00. The maximum Gasteiger partial charge on any atom is 0.252 e. The molecule has 2 aliphatic heterocycles. The van der Waals surface area contributed by atoms with E-state index in [2.05, 4.69) is 0 Å². The van der Waals surface area contributed by atoms with Crippen LogP contribution in [0, 0.1) is 0 Å². The number of rotatable bonds is 5. The van der Waals surface area contributed by atoms with E-state index < -0.39 is 133 Å². The van der Waals surface area contributed by atoms with Gasteiger partial charge in [0.1, 0.15) is 11.2 Å². The molecule has 2 aliphatic rings. The molecule has 94 heavy (non-hydrogen) atoms. The molecule has 0 spiro atoms. The first-order valence-corrected chi connectivity index (χ1v) is 31.0. The zero-order valence-electron chi connectivity index (χ0n) is 72.4. The van der Waals surface area contributed by atoms with Crippen LogP contribution in [0.15, 0.2) is 307 Å². The third kappa shape index (κ3) is 7.48. The Balaban J connectivity index is 1.13. The number of hydrogen-bond acceptors (Lipinski definition) is 2. The van der Waals surface area contributed by atoms with Gasteiger partial charge < -0.3 is 23.0 Å². The van der Waals surface area contributed by atoms with Crippen molar-refractivity contribution in [3.63, 3.8) is 0 Å². The van der Waals surface area contributed by atoms with E-state index in [1.165, 1.54) is 15.2 Å². The first-order valence-electron chi connectivity index (χ1n) is 42.0. The summed E-state index contributed by atoms with van der Waals surface area (Å²) in [5, 5.41) is 2.51. The zero-order chi connectivity index (χ0) is 81.2. The highest BCUT2D eigenvalue weighted by Gasteiger charge is 2.44. The van der Waals surface area contributed by atoms with Crippen LogP contribution in [0.25, 0.3) is 148 Å². The highest BCUT2D eigenvalue weighted by Crippen LogP contribution is 2.51. The Kier molecular flexibility index (Phi) is 7.52. The van der Waals surface area contributed by atoms with Gasteiger partial charge >= 0.3 is 0 Å². The van der Waals surface area contributed by atoms with Crippen LogP contribution in [-0.4, -0.2) is 20.4 Å². The van der Waals surface area contributed by atoms with Crippen LogP contribution in [-0.2, 0) is 5.41 Å². The van der Waals surface area contributed by atoms with Gasteiger partial charge in [-0.2, -0.15) is 0 Å². The molecule has 0 saturated heterocycles. The van der Waals surface area contributed by atoms with Crippen molar-refractivity contribution in [2.75, 3.05) is 4.90 Å². The highest BCUT2D eigenvalue weighted by atomic mass is 16.3. The van der Waals surface area contributed by atoms with E-state index in [0.717, 1.165) is 0 Å². The Morgan fingerprint density at radius 2 is 0.883 bits per heavy atom. The van der Waals surface area contributed by atoms with Crippen molar-refractivity contribution in [3.8, 4) is 39.3 Å². The summed E-state index contributed by atoms with van der Waals surface area (Å²) in [5.74, 6) is 0. The summed E-state index contributed by atoms with van der Waals surface area (Å²) in [4.78, 5) is 1.78. The molecule has 4 aromatic heterocycles. The Hall–Kier alpha value is -11.9. The Morgan fingerprint density at radius 1 is 0.351 bits per heavy atom. The molecule has 14 aromatic carbocycles. The minimum absolute atomic E-state index is 0.0168. The lowest BCUT2D eigenvalue weighted by Gasteiger charge is -2.42. The molecule has 0 bridgehead atoms. The van der Waals surface area contributed by atoms with Gasteiger partial charge in [0.25, 0.3) is 6.71 Å². The van der Waals surface area contributed by atoms with Crippen molar-refractivity contribution in [2.45, 2.75) is 26.2 Å². The van der Waals surface area contributed by atoms with E-state index in [4.69, 9.17) is 7.16 Å². The third-order valence-corrected chi connectivity index (χ3v) is 18.8. The van der Waals surface area contributed by atoms with Crippen molar-refractivity contribution in [1.29, 1.82) is 0 Å². The zero-order valence-corrected chi connectivity index (χ0v) is 50.4. The van der Waals surface area contributed by atoms with Gasteiger partial charge in [-0.15, -0.1) is 0 Å². The number of para-hydroxylation sites is 6. The normalized spacial score (nSPS) is 16.1. The molecule has 5 nitrogen and oxygen atoms in total. The van der Waals surface area contributed by atoms with Crippen LogP contribution in [0.5, 0.6) is 0 Å². The van der Waals surface area contributed by atoms with Crippen LogP contribution in [0.3, 0.4) is 0 Å². The monoisotopic (exact) mass is 1220 g/mol. The summed E-state index contributed by atoms with van der Waals surface area (Å²) in [6.07, 6.45) is 0. The molecule has 0 aliphatic carbocycles. The number of aromatic nitrogens is 3. The molecule has 0 fully saturated rings. The van der Waals surface area contributed by atoms with Gasteiger partial charge in [0.15, 0.2) is 0 Å². The second-order valence-electron chi connectivity index (χ2n) is 25.0. The molecular formula is C88H59BN4O. The number of hydrogen-bond donors (Lipinski definition) is 0. The molecule has 0 radical (unpaired) electrons. The van der Waals surface area contributed by atoms with E-state index in [1.54, 1.807) is 17.0 Å². The van der Waals surface area contributed by atoms with Gasteiger partial charge in [0, 0.05) is 66.0 Å². The number of fused-ring (bicyclic) bond motifs is 20. The lowest BCUT2D eigenvalue weighted by atomic mass is 9.33. The first-order chi connectivity index (χ1) is 55.5. The van der Waals surface area contributed by atoms with Gasteiger partial charge in [0.2, 0.25) is 0 Å². The summed E-state index contributed by atoms with van der Waals surface area (Å²) in [6, 6.07) is 38.1. The lowest BCUT2D eigenvalue weighted by Crippen LogP contribution is -2.60. The van der Waals surface area contributed by atoms with Crippen LogP contribution in [0.4, 0.5) is 17.1 Å². The van der Waals surface area contributed by atoms with Crippen molar-refractivity contribution in [1.82, 2.24) is 13.7 Å². The second-order valence-corrected chi connectivity index (χ2v) is 25.0. The van der Waals surface area contributed by atoms with Gasteiger partial charge in [-0.25, -0.2) is 0 Å². The summed E-state index contributed by atoms with van der Waals surface area (Å²) < 4.78 is 232. The fourth-order valence-electron chi connectivity index (χ4n) is 14.8. The summed E-state index contributed by atoms with van der Waals surface area (Å²) >= 11 is 0. The topological polar surface area (TPSA) is 31.2 Å². The van der Waals surface area contributed by atoms with Crippen LogP contribution in [0.2, 0.25) is 0 Å². The smallest absolute Gasteiger partial charge is 0.252 e. The Bertz CT molecular complexity index is 7580. The number of nitrogens with zero attached hydrogens (tertiary/aromatic N) is 4. The second kappa shape index (κ2) is 19.8. The molecule has 0 N–H and O–H groups in total. The summed E-state index contributed by atoms with van der Waals surface area (Å²) in [7, 11) is 0. The SMILES string of the molecule is [2H]c1c(-n2c3c([2H])c([2H])c([2H])c([2H])c3c3c([2H])c([2H])c([2H])c([2H])c32)cc2c(c1[2H])B1c3c(c([2H])c(C(C)(C)C)c([2H])c3-n3c4c(-c5ccccc5)cccc4c4ccccc4c4ccccc4c4c(-n5c6c([2H])c([2H])c([2H])c([2H])c6c6c([2H])c([2H])c([2H])c([2H])c65)c([2H])c([2H])c1c43)N2c1cc(-c2ccccc2)cc2oc3ccccc3c12. The number of anilines is 3. The van der Waals surface area contributed by atoms with E-state index in [0.29, 0.717) is 82.3 Å². The molecule has 20 rings (SSSR count). The van der Waals surface area contributed by atoms with E-state index in [9.17, 15) is 27.4 Å². The van der Waals surface area contributed by atoms with Crippen molar-refractivity contribution >= 4 is 149 Å². The molecule has 6 heterocycles. The minimum Gasteiger partial charge on any atom is -0.456 e. The minimum atomic E-state index is -1.67. The van der Waals surface area contributed by atoms with Gasteiger partial charge in [-0.1, -0.05) is 251 Å². The molecule has 440 valence electrons. The molecule has 0 amide bonds. The fraction of sp³-hybridized carbons (Fsp3) is 0.0455. The van der Waals surface area contributed by atoms with E-state index in [1.807, 2.05) is 177 Å². The molecule has 0 unspecified atom stereocenters. The molecule has 18 aromatic rings. The van der Waals surface area contributed by atoms with Gasteiger partial charge in [-0.3, -0.25) is 0 Å². The van der Waals surface area contributed by atoms with Crippen LogP contribution in [0.1, 0.15) is 56.5 Å². The van der Waals surface area contributed by atoms with E-state index in [-0.39, 0.29) is 117 Å². The lowest BCUT2D eigenvalue weighted by molar-refractivity contribution is 0.590. The average Bonchev–Trinajstić information content (AvgIpc) is 0.836. The fourth-order valence-corrected chi connectivity index (χ4v) is 14.8. The average molecular weight is 1220 g/mol. The molecular weight excluding hydrogens is 1140 g/mol. The maximum absolute atomic E-state index is 11.6. The van der Waals surface area contributed by atoms with Gasteiger partial charge in [-0.05, 0) is 138 Å². The quantitative estimate of drug-likeness (QED) is 0.161. The predicted octanol–water partition coefficient (Wildman–Crippen LogP) is 21.6. The first kappa shape index (κ1) is 35.7. The maximum atomic E-state index is 11.6. The number of furan rings is 1. The predicted molar refractivity (Wildman–Crippen MR) is 398 cm³/mol. The van der Waals surface area contributed by atoms with E-state index >= 15 is 0 Å². The summed E-state index contributed by atoms with van der Waals surface area (Å²) in [6.45, 7) is 3.95. The molecule has 0 saturated carbocycles. The standard InChI is InChI=1S/C88H59BN4O/c1-88(2,3)57-51-79-85-80(52-57)93-86-59(55-27-8-5-9-28-55)38-24-39-68(86)62-31-11-10-29-60(62)61-30-12-13-36-67(61)84-76(91-74-42-21-16-34-65(74)66-35-17-22-43-75(66)91)48-47-71(87(84)93)89(85)70-46-45-58(90-72-40-19-14-32-63(72)64-33-15-20-41-73(64)90)53-77(70)92(79)78-49-56(54-25-6-4-7-26-54)50-82-83(78)69-37-18-23-44-81(69)94-82/h4-53H,1-3H3/i14D,15D,16D,17D,19D,20D,21D,22D,32D,33D,34D,35D,40D,41D,42D,43D,45D,46D,47D,48D,51D,52D. The van der Waals surface area contributed by atoms with Crippen LogP contribution >= 0.6 is 0 Å². The van der Waals surface area contributed by atoms with Crippen LogP contribution < -0.4 is 21.3 Å². The Morgan fingerprint density at radius 3 is 1.53 bits per heavy atom. The van der Waals surface area contributed by atoms with Crippen molar-refractivity contribution < 1.29 is 34.6 Å².